The average molecular weight is 1140 g/mol. The summed E-state index contributed by atoms with van der Waals surface area (Å²) in [7, 11) is 0. The van der Waals surface area contributed by atoms with Gasteiger partial charge in [0, 0.05) is 80.5 Å². The van der Waals surface area contributed by atoms with Crippen molar-refractivity contribution in [3.05, 3.63) is 281 Å². The SMILES string of the molecule is [2H]C([2H])([2H])c1cc(C)cc(N(c2ccc3c(c2)C(C)(C)c2ccc4ccccc4c2-3)c2ccc3c(c2)oc2c3c3cc(-c4ccccc4)cc4c5c6ccccc6c(N(c6cc(C)cc(C([2H])([2H])[2H])c6)c6ccc7c(c6)C(C)(C)c6ccc8ccccc8c6-7)cc5n2c43)c1. The zero-order chi connectivity index (χ0) is 64.2. The van der Waals surface area contributed by atoms with Crippen LogP contribution in [0, 0.1) is 27.6 Å². The Balaban J connectivity index is 0.895. The van der Waals surface area contributed by atoms with Crippen LogP contribution in [-0.4, -0.2) is 4.40 Å². The van der Waals surface area contributed by atoms with Gasteiger partial charge in [0.25, 0.3) is 0 Å². The summed E-state index contributed by atoms with van der Waals surface area (Å²) in [4.78, 5) is 4.47. The summed E-state index contributed by atoms with van der Waals surface area (Å²) in [5, 5.41) is 12.0. The third-order valence-electron chi connectivity index (χ3n) is 19.8. The van der Waals surface area contributed by atoms with Gasteiger partial charge in [0.2, 0.25) is 5.71 Å². The fraction of sp³-hybridized carbons (Fsp3) is 0.119. The van der Waals surface area contributed by atoms with Crippen LogP contribution < -0.4 is 9.80 Å². The van der Waals surface area contributed by atoms with E-state index < -0.39 is 13.7 Å². The lowest BCUT2D eigenvalue weighted by atomic mass is 9.82. The highest BCUT2D eigenvalue weighted by Gasteiger charge is 2.39. The lowest BCUT2D eigenvalue weighted by Gasteiger charge is -2.30. The molecule has 0 unspecified atom stereocenters. The van der Waals surface area contributed by atoms with E-state index in [4.69, 9.17) is 12.6 Å². The topological polar surface area (TPSA) is 24.0 Å². The fourth-order valence-corrected chi connectivity index (χ4v) is 15.9. The summed E-state index contributed by atoms with van der Waals surface area (Å²) in [6.45, 7) is 8.46. The van der Waals surface area contributed by atoms with Crippen molar-refractivity contribution < 1.29 is 12.6 Å². The van der Waals surface area contributed by atoms with Gasteiger partial charge in [-0.3, -0.25) is 4.40 Å². The Labute approximate surface area is 520 Å². The summed E-state index contributed by atoms with van der Waals surface area (Å²) in [6.07, 6.45) is 0. The maximum atomic E-state index is 8.79. The predicted octanol–water partition coefficient (Wildman–Crippen LogP) is 23.5. The number of hydrogen-bond acceptors (Lipinski definition) is 3. The van der Waals surface area contributed by atoms with Gasteiger partial charge in [-0.15, -0.1) is 0 Å². The number of anilines is 6. The zero-order valence-corrected chi connectivity index (χ0v) is 49.8. The number of hydrogen-bond donors (Lipinski definition) is 0. The van der Waals surface area contributed by atoms with Gasteiger partial charge in [0.15, 0.2) is 0 Å². The first-order chi connectivity index (χ1) is 45.2. The maximum absolute atomic E-state index is 8.79. The van der Waals surface area contributed by atoms with Gasteiger partial charge in [-0.25, -0.2) is 0 Å². The second-order valence-corrected chi connectivity index (χ2v) is 25.8. The van der Waals surface area contributed by atoms with Crippen molar-refractivity contribution in [3.8, 4) is 33.4 Å². The Morgan fingerprint density at radius 3 is 1.50 bits per heavy atom. The number of fused-ring (bicyclic) bond motifs is 20. The van der Waals surface area contributed by atoms with E-state index in [9.17, 15) is 0 Å². The van der Waals surface area contributed by atoms with Crippen LogP contribution in [0.25, 0.3) is 115 Å². The van der Waals surface area contributed by atoms with Crippen LogP contribution in [0.4, 0.5) is 34.1 Å². The van der Waals surface area contributed by atoms with Crippen LogP contribution in [0.1, 0.15) is 80.4 Å². The lowest BCUT2D eigenvalue weighted by Crippen LogP contribution is -2.17. The molecule has 4 nitrogen and oxygen atoms in total. The van der Waals surface area contributed by atoms with E-state index >= 15 is 0 Å². The number of furan rings is 1. The molecule has 16 aromatic rings. The van der Waals surface area contributed by atoms with Gasteiger partial charge in [-0.05, 0) is 211 Å². The van der Waals surface area contributed by atoms with Gasteiger partial charge in [-0.2, -0.15) is 0 Å². The zero-order valence-electron chi connectivity index (χ0n) is 55.8. The Bertz CT molecular complexity index is 5950. The van der Waals surface area contributed by atoms with Gasteiger partial charge in [0.1, 0.15) is 5.58 Å². The Hall–Kier alpha value is -10.4. The molecular weight excluding hydrogens is 1070 g/mol. The summed E-state index contributed by atoms with van der Waals surface area (Å²) in [5.41, 5.74) is 21.9. The van der Waals surface area contributed by atoms with Crippen molar-refractivity contribution in [3.63, 3.8) is 0 Å². The molecule has 18 rings (SSSR count). The van der Waals surface area contributed by atoms with Crippen molar-refractivity contribution in [1.29, 1.82) is 0 Å². The largest absolute Gasteiger partial charge is 0.439 e. The van der Waals surface area contributed by atoms with Crippen LogP contribution in [0.3, 0.4) is 0 Å². The van der Waals surface area contributed by atoms with E-state index in [2.05, 4.69) is 254 Å². The molecule has 2 aliphatic rings. The molecule has 0 spiro atoms. The first-order valence-electron chi connectivity index (χ1n) is 33.5. The summed E-state index contributed by atoms with van der Waals surface area (Å²) in [6, 6.07) is 83.8. The molecule has 0 bridgehead atoms. The monoisotopic (exact) mass is 1140 g/mol. The molecule has 420 valence electrons. The smallest absolute Gasteiger partial charge is 0.213 e. The number of nitrogens with zero attached hydrogens (tertiary/aromatic N) is 3. The van der Waals surface area contributed by atoms with Gasteiger partial charge in [0.05, 0.1) is 22.1 Å². The first-order valence-corrected chi connectivity index (χ1v) is 30.5. The molecule has 0 amide bonds. The molecule has 0 saturated carbocycles. The van der Waals surface area contributed by atoms with E-state index in [0.29, 0.717) is 11.3 Å². The molecule has 0 aliphatic heterocycles. The maximum Gasteiger partial charge on any atom is 0.213 e. The molecule has 3 aromatic heterocycles. The Kier molecular flexibility index (Phi) is 9.24. The second kappa shape index (κ2) is 18.1. The number of rotatable bonds is 7. The molecule has 13 aromatic carbocycles. The van der Waals surface area contributed by atoms with Crippen LogP contribution in [0.2, 0.25) is 0 Å². The quantitative estimate of drug-likeness (QED) is 0.159. The molecule has 0 atom stereocenters. The van der Waals surface area contributed by atoms with Crippen LogP contribution in [-0.2, 0) is 10.8 Å². The molecule has 0 saturated heterocycles. The standard InChI is InChI=1S/C84H63N3O/c1-48-36-49(2)39-59(38-48)85(56-28-31-65-72(44-56)83(5,6)70-34-26-53-20-12-14-22-61(53)77(65)70)58-30-33-67-76(46-58)88-82-80(67)69-43-55(52-18-10-9-11-19-52)42-68-79-64-25-17-16-24-63(64)74(47-75(79)87(82)81(68)69)86(60-40-50(3)37-51(4)41-60)57-29-32-66-73(45-57)84(7,8)71-35-27-54-21-13-15-23-62(54)78(66)71/h9-47H,1-8H3/i1D3,3D3. The third-order valence-corrected chi connectivity index (χ3v) is 19.8. The highest BCUT2D eigenvalue weighted by atomic mass is 16.3. The number of aryl methyl sites for hydroxylation is 4. The van der Waals surface area contributed by atoms with E-state index in [1.807, 2.05) is 26.0 Å². The minimum absolute atomic E-state index is 0.269. The number of aromatic nitrogens is 1. The molecule has 88 heavy (non-hydrogen) atoms. The van der Waals surface area contributed by atoms with E-state index in [-0.39, 0.29) is 22.0 Å². The van der Waals surface area contributed by atoms with Gasteiger partial charge < -0.3 is 14.2 Å². The first kappa shape index (κ1) is 45.0. The second-order valence-electron chi connectivity index (χ2n) is 25.8. The summed E-state index contributed by atoms with van der Waals surface area (Å²) < 4.78 is 62.2. The predicted molar refractivity (Wildman–Crippen MR) is 372 cm³/mol. The van der Waals surface area contributed by atoms with E-state index in [1.54, 1.807) is 12.1 Å². The van der Waals surface area contributed by atoms with Crippen molar-refractivity contribution in [2.75, 3.05) is 9.80 Å². The third kappa shape index (κ3) is 7.09. The molecule has 0 N–H and O–H groups in total. The minimum Gasteiger partial charge on any atom is -0.439 e. The van der Waals surface area contributed by atoms with Crippen LogP contribution >= 0.6 is 0 Å². The van der Waals surface area contributed by atoms with Crippen LogP contribution in [0.5, 0.6) is 0 Å². The molecular formula is C84H63N3O. The molecule has 3 heterocycles. The number of benzene rings is 13. The molecule has 0 radical (unpaired) electrons. The van der Waals surface area contributed by atoms with E-state index in [0.717, 1.165) is 105 Å². The lowest BCUT2D eigenvalue weighted by molar-refractivity contribution is 0.652. The van der Waals surface area contributed by atoms with Crippen molar-refractivity contribution in [1.82, 2.24) is 4.40 Å². The normalized spacial score (nSPS) is 15.2. The van der Waals surface area contributed by atoms with E-state index in [1.165, 1.54) is 66.1 Å². The summed E-state index contributed by atoms with van der Waals surface area (Å²) >= 11 is 0. The molecule has 2 aliphatic carbocycles. The minimum atomic E-state index is -2.37. The summed E-state index contributed by atoms with van der Waals surface area (Å²) in [5.74, 6) is 0. The molecule has 0 fully saturated rings. The van der Waals surface area contributed by atoms with Crippen molar-refractivity contribution in [2.24, 2.45) is 0 Å². The highest BCUT2D eigenvalue weighted by molar-refractivity contribution is 6.33. The fourth-order valence-electron chi connectivity index (χ4n) is 15.9. The van der Waals surface area contributed by atoms with Crippen molar-refractivity contribution >= 4 is 116 Å². The van der Waals surface area contributed by atoms with Gasteiger partial charge >= 0.3 is 0 Å². The average Bonchev–Trinajstić information content (AvgIpc) is 1.52. The van der Waals surface area contributed by atoms with Gasteiger partial charge in [-0.1, -0.05) is 179 Å². The van der Waals surface area contributed by atoms with Crippen LogP contribution in [0.15, 0.2) is 241 Å². The highest BCUT2D eigenvalue weighted by Crippen LogP contribution is 2.57. The Morgan fingerprint density at radius 2 is 0.886 bits per heavy atom. The van der Waals surface area contributed by atoms with Crippen molar-refractivity contribution in [2.45, 2.75) is 66.1 Å². The molecule has 4 heteroatoms. The Morgan fingerprint density at radius 1 is 0.375 bits per heavy atom.